The topological polar surface area (TPSA) is 78.7 Å². The molecule has 0 heterocycles. The summed E-state index contributed by atoms with van der Waals surface area (Å²) in [5.74, 6) is 4.66. The molecule has 0 aromatic heterocycles. The van der Waals surface area contributed by atoms with Gasteiger partial charge in [0.1, 0.15) is 6.61 Å². The van der Waals surface area contributed by atoms with E-state index in [4.69, 9.17) is 4.74 Å². The SMILES string of the molecule is CC#CCOc1ccc(C(=O)OC)cc1[N+](=O)[O-]. The Balaban J connectivity index is 3.07. The molecule has 0 saturated carbocycles. The molecule has 0 atom stereocenters. The molecule has 0 bridgehead atoms. The molecule has 1 rings (SSSR count). The van der Waals surface area contributed by atoms with E-state index in [-0.39, 0.29) is 23.6 Å². The van der Waals surface area contributed by atoms with Gasteiger partial charge in [-0.1, -0.05) is 5.92 Å². The molecule has 0 aliphatic carbocycles. The van der Waals surface area contributed by atoms with Gasteiger partial charge in [0.25, 0.3) is 0 Å². The van der Waals surface area contributed by atoms with Gasteiger partial charge in [-0.25, -0.2) is 4.79 Å². The Hall–Kier alpha value is -2.55. The number of nitro benzene ring substituents is 1. The number of nitrogens with zero attached hydrogens (tertiary/aromatic N) is 1. The van der Waals surface area contributed by atoms with Crippen LogP contribution >= 0.6 is 0 Å². The zero-order valence-electron chi connectivity index (χ0n) is 9.93. The van der Waals surface area contributed by atoms with Gasteiger partial charge in [0.05, 0.1) is 17.6 Å². The van der Waals surface area contributed by atoms with Gasteiger partial charge in [-0.05, 0) is 19.1 Å². The first-order chi connectivity index (χ1) is 8.60. The van der Waals surface area contributed by atoms with E-state index < -0.39 is 10.9 Å². The van der Waals surface area contributed by atoms with Crippen molar-refractivity contribution < 1.29 is 19.2 Å². The maximum absolute atomic E-state index is 11.3. The van der Waals surface area contributed by atoms with Gasteiger partial charge in [-0.3, -0.25) is 10.1 Å². The van der Waals surface area contributed by atoms with Crippen molar-refractivity contribution in [2.75, 3.05) is 13.7 Å². The second-order valence-corrected chi connectivity index (χ2v) is 3.15. The van der Waals surface area contributed by atoms with Gasteiger partial charge in [0, 0.05) is 6.07 Å². The average Bonchev–Trinajstić information content (AvgIpc) is 2.38. The molecule has 0 aliphatic heterocycles. The highest BCUT2D eigenvalue weighted by molar-refractivity contribution is 5.90. The molecule has 0 saturated heterocycles. The van der Waals surface area contributed by atoms with Gasteiger partial charge in [0.15, 0.2) is 5.75 Å². The highest BCUT2D eigenvalue weighted by Crippen LogP contribution is 2.28. The summed E-state index contributed by atoms with van der Waals surface area (Å²) >= 11 is 0. The molecule has 0 unspecified atom stereocenters. The van der Waals surface area contributed by atoms with Crippen LogP contribution in [0.5, 0.6) is 5.75 Å². The van der Waals surface area contributed by atoms with Crippen LogP contribution in [0.3, 0.4) is 0 Å². The number of carbonyl (C=O) groups is 1. The maximum atomic E-state index is 11.3. The highest BCUT2D eigenvalue weighted by Gasteiger charge is 2.18. The molecule has 1 aromatic rings. The smallest absolute Gasteiger partial charge is 0.338 e. The standard InChI is InChI=1S/C12H11NO5/c1-3-4-7-18-11-6-5-9(12(14)17-2)8-10(11)13(15)16/h5-6,8H,7H2,1-2H3. The summed E-state index contributed by atoms with van der Waals surface area (Å²) in [6.45, 7) is 1.69. The minimum absolute atomic E-state index is 0.0505. The van der Waals surface area contributed by atoms with Crippen molar-refractivity contribution in [2.45, 2.75) is 6.92 Å². The molecule has 6 heteroatoms. The predicted molar refractivity (Wildman–Crippen MR) is 63.4 cm³/mol. The fourth-order valence-electron chi connectivity index (χ4n) is 1.21. The summed E-state index contributed by atoms with van der Waals surface area (Å²) < 4.78 is 9.62. The average molecular weight is 249 g/mol. The van der Waals surface area contributed by atoms with E-state index >= 15 is 0 Å². The van der Waals surface area contributed by atoms with E-state index in [1.807, 2.05) is 0 Å². The summed E-state index contributed by atoms with van der Waals surface area (Å²) in [6, 6.07) is 3.86. The fourth-order valence-corrected chi connectivity index (χ4v) is 1.21. The highest BCUT2D eigenvalue weighted by atomic mass is 16.6. The Bertz CT molecular complexity index is 527. The second-order valence-electron chi connectivity index (χ2n) is 3.15. The van der Waals surface area contributed by atoms with Crippen molar-refractivity contribution >= 4 is 11.7 Å². The number of ether oxygens (including phenoxy) is 2. The first-order valence-electron chi connectivity index (χ1n) is 4.99. The van der Waals surface area contributed by atoms with E-state index in [0.717, 1.165) is 6.07 Å². The lowest BCUT2D eigenvalue weighted by Crippen LogP contribution is -2.04. The van der Waals surface area contributed by atoms with Crippen LogP contribution in [0, 0.1) is 22.0 Å². The number of benzene rings is 1. The number of esters is 1. The molecule has 0 aliphatic rings. The number of hydrogen-bond donors (Lipinski definition) is 0. The summed E-state index contributed by atoms with van der Waals surface area (Å²) in [5, 5.41) is 10.9. The summed E-state index contributed by atoms with van der Waals surface area (Å²) in [7, 11) is 1.20. The van der Waals surface area contributed by atoms with Crippen LogP contribution in [0.2, 0.25) is 0 Å². The van der Waals surface area contributed by atoms with E-state index in [1.54, 1.807) is 6.92 Å². The van der Waals surface area contributed by atoms with E-state index in [9.17, 15) is 14.9 Å². The third-order valence-corrected chi connectivity index (χ3v) is 2.05. The van der Waals surface area contributed by atoms with Crippen molar-refractivity contribution in [3.05, 3.63) is 33.9 Å². The van der Waals surface area contributed by atoms with Gasteiger partial charge in [-0.15, -0.1) is 5.92 Å². The Kier molecular flexibility index (Phi) is 4.69. The molecule has 0 spiro atoms. The van der Waals surface area contributed by atoms with Crippen molar-refractivity contribution in [3.63, 3.8) is 0 Å². The first kappa shape index (κ1) is 13.5. The second kappa shape index (κ2) is 6.25. The number of carbonyl (C=O) groups excluding carboxylic acids is 1. The van der Waals surface area contributed by atoms with Crippen LogP contribution in [-0.2, 0) is 4.74 Å². The summed E-state index contributed by atoms with van der Waals surface area (Å²) in [5.41, 5.74) is -0.200. The quantitative estimate of drug-likeness (QED) is 0.352. The lowest BCUT2D eigenvalue weighted by molar-refractivity contribution is -0.385. The van der Waals surface area contributed by atoms with Gasteiger partial charge in [-0.2, -0.15) is 0 Å². The Morgan fingerprint density at radius 3 is 2.78 bits per heavy atom. The lowest BCUT2D eigenvalue weighted by Gasteiger charge is -2.05. The predicted octanol–water partition coefficient (Wildman–Crippen LogP) is 1.78. The Morgan fingerprint density at radius 1 is 1.50 bits per heavy atom. The van der Waals surface area contributed by atoms with Crippen molar-refractivity contribution in [1.82, 2.24) is 0 Å². The first-order valence-corrected chi connectivity index (χ1v) is 4.99. The molecule has 0 radical (unpaired) electrons. The number of methoxy groups -OCH3 is 1. The molecule has 0 N–H and O–H groups in total. The van der Waals surface area contributed by atoms with Crippen LogP contribution in [0.4, 0.5) is 5.69 Å². The summed E-state index contributed by atoms with van der Waals surface area (Å²) in [6.07, 6.45) is 0. The molecule has 94 valence electrons. The lowest BCUT2D eigenvalue weighted by atomic mass is 10.2. The van der Waals surface area contributed by atoms with E-state index in [1.165, 1.54) is 19.2 Å². The van der Waals surface area contributed by atoms with Crippen LogP contribution in [-0.4, -0.2) is 24.6 Å². The molecule has 18 heavy (non-hydrogen) atoms. The molecule has 0 amide bonds. The van der Waals surface area contributed by atoms with E-state index in [2.05, 4.69) is 16.6 Å². The van der Waals surface area contributed by atoms with Crippen molar-refractivity contribution in [1.29, 1.82) is 0 Å². The van der Waals surface area contributed by atoms with Crippen LogP contribution < -0.4 is 4.74 Å². The van der Waals surface area contributed by atoms with Gasteiger partial charge < -0.3 is 9.47 Å². The number of hydrogen-bond acceptors (Lipinski definition) is 5. The molecule has 0 fully saturated rings. The zero-order chi connectivity index (χ0) is 13.5. The van der Waals surface area contributed by atoms with Crippen LogP contribution in [0.1, 0.15) is 17.3 Å². The maximum Gasteiger partial charge on any atom is 0.338 e. The Labute approximate surface area is 104 Å². The molecular weight excluding hydrogens is 238 g/mol. The molecule has 1 aromatic carbocycles. The number of rotatable bonds is 4. The monoisotopic (exact) mass is 249 g/mol. The van der Waals surface area contributed by atoms with E-state index in [0.29, 0.717) is 0 Å². The van der Waals surface area contributed by atoms with Crippen LogP contribution in [0.25, 0.3) is 0 Å². The molecule has 6 nitrogen and oxygen atoms in total. The summed E-state index contributed by atoms with van der Waals surface area (Å²) in [4.78, 5) is 21.5. The minimum Gasteiger partial charge on any atom is -0.474 e. The van der Waals surface area contributed by atoms with Crippen molar-refractivity contribution in [3.8, 4) is 17.6 Å². The third-order valence-electron chi connectivity index (χ3n) is 2.05. The van der Waals surface area contributed by atoms with Crippen LogP contribution in [0.15, 0.2) is 18.2 Å². The largest absolute Gasteiger partial charge is 0.474 e. The van der Waals surface area contributed by atoms with Gasteiger partial charge >= 0.3 is 11.7 Å². The molecular formula is C12H11NO5. The zero-order valence-corrected chi connectivity index (χ0v) is 9.93. The Morgan fingerprint density at radius 2 is 2.22 bits per heavy atom. The minimum atomic E-state index is -0.641. The normalized spacial score (nSPS) is 9.00. The third kappa shape index (κ3) is 3.22. The number of nitro groups is 1. The fraction of sp³-hybridized carbons (Fsp3) is 0.250. The van der Waals surface area contributed by atoms with Crippen molar-refractivity contribution in [2.24, 2.45) is 0 Å². The van der Waals surface area contributed by atoms with Gasteiger partial charge in [0.2, 0.25) is 0 Å².